The van der Waals surface area contributed by atoms with Crippen LogP contribution >= 0.6 is 0 Å². The molecule has 1 heterocycles. The molecule has 1 aliphatic heterocycles. The van der Waals surface area contributed by atoms with Gasteiger partial charge in [0, 0.05) is 18.4 Å². The number of rotatable bonds is 5. The van der Waals surface area contributed by atoms with Crippen molar-refractivity contribution >= 4 is 15.7 Å². The van der Waals surface area contributed by atoms with Gasteiger partial charge in [-0.3, -0.25) is 10.1 Å². The third-order valence-electron chi connectivity index (χ3n) is 3.51. The summed E-state index contributed by atoms with van der Waals surface area (Å²) < 4.78 is 28.0. The smallest absolute Gasteiger partial charge is 0.241 e. The summed E-state index contributed by atoms with van der Waals surface area (Å²) in [5.74, 6) is 0.509. The molecule has 1 fully saturated rings. The molecule has 1 aromatic carbocycles. The van der Waals surface area contributed by atoms with Crippen LogP contribution < -0.4 is 10.1 Å². The van der Waals surface area contributed by atoms with Gasteiger partial charge in [-0.05, 0) is 13.0 Å². The molecule has 0 saturated carbocycles. The second-order valence-corrected chi connectivity index (χ2v) is 7.45. The first-order valence-corrected chi connectivity index (χ1v) is 8.76. The molecule has 0 radical (unpaired) electrons. The molecule has 116 valence electrons. The van der Waals surface area contributed by atoms with E-state index in [0.717, 1.165) is 5.56 Å². The minimum Gasteiger partial charge on any atom is -0.496 e. The van der Waals surface area contributed by atoms with Crippen molar-refractivity contribution < 1.29 is 17.9 Å². The first kappa shape index (κ1) is 15.8. The van der Waals surface area contributed by atoms with Crippen molar-refractivity contribution in [3.8, 4) is 5.75 Å². The number of para-hydroxylation sites is 1. The van der Waals surface area contributed by atoms with Crippen molar-refractivity contribution in [1.29, 1.82) is 0 Å². The van der Waals surface area contributed by atoms with Gasteiger partial charge in [-0.2, -0.15) is 0 Å². The van der Waals surface area contributed by atoms with E-state index in [4.69, 9.17) is 4.74 Å². The summed E-state index contributed by atoms with van der Waals surface area (Å²) in [4.78, 5) is 13.8. The molecule has 0 bridgehead atoms. The fourth-order valence-corrected chi connectivity index (χ4v) is 2.96. The third kappa shape index (κ3) is 3.54. The van der Waals surface area contributed by atoms with Gasteiger partial charge in [0.15, 0.2) is 0 Å². The van der Waals surface area contributed by atoms with Crippen LogP contribution in [0.25, 0.3) is 0 Å². The fourth-order valence-electron chi connectivity index (χ4n) is 2.43. The predicted molar refractivity (Wildman–Crippen MR) is 79.8 cm³/mol. The lowest BCUT2D eigenvalue weighted by atomic mass is 10.1. The molecule has 1 aliphatic rings. The number of nitrogens with zero attached hydrogens (tertiary/aromatic N) is 1. The van der Waals surface area contributed by atoms with Gasteiger partial charge in [-0.25, -0.2) is 8.42 Å². The Morgan fingerprint density at radius 2 is 2.00 bits per heavy atom. The first-order valence-electron chi connectivity index (χ1n) is 6.70. The Kier molecular flexibility index (Phi) is 4.53. The number of carbonyl (C=O) groups excluding carboxylic acids is 1. The van der Waals surface area contributed by atoms with Gasteiger partial charge in [0.25, 0.3) is 0 Å². The summed E-state index contributed by atoms with van der Waals surface area (Å²) in [6.45, 7) is 1.93. The minimum atomic E-state index is -3.13. The quantitative estimate of drug-likeness (QED) is 0.860. The SMILES string of the molecule is COc1ccccc1C1NC(C)C(=O)N1CCS(C)(=O)=O. The monoisotopic (exact) mass is 312 g/mol. The number of nitrogens with one attached hydrogen (secondary N) is 1. The van der Waals surface area contributed by atoms with Gasteiger partial charge < -0.3 is 9.64 Å². The maximum absolute atomic E-state index is 12.2. The van der Waals surface area contributed by atoms with Gasteiger partial charge in [0.2, 0.25) is 5.91 Å². The van der Waals surface area contributed by atoms with Crippen molar-refractivity contribution in [1.82, 2.24) is 10.2 Å². The molecule has 1 N–H and O–H groups in total. The van der Waals surface area contributed by atoms with E-state index < -0.39 is 9.84 Å². The molecule has 2 atom stereocenters. The summed E-state index contributed by atoms with van der Waals surface area (Å²) in [5.41, 5.74) is 0.825. The molecule has 7 heteroatoms. The molecular formula is C14H20N2O4S. The Hall–Kier alpha value is -1.60. The second-order valence-electron chi connectivity index (χ2n) is 5.19. The summed E-state index contributed by atoms with van der Waals surface area (Å²) in [5, 5.41) is 3.18. The lowest BCUT2D eigenvalue weighted by Gasteiger charge is -2.25. The number of benzene rings is 1. The van der Waals surface area contributed by atoms with Crippen LogP contribution in [0.1, 0.15) is 18.7 Å². The lowest BCUT2D eigenvalue weighted by molar-refractivity contribution is -0.129. The van der Waals surface area contributed by atoms with Gasteiger partial charge in [-0.1, -0.05) is 18.2 Å². The Balaban J connectivity index is 2.29. The number of carbonyl (C=O) groups is 1. The Bertz CT molecular complexity index is 630. The van der Waals surface area contributed by atoms with E-state index in [0.29, 0.717) is 5.75 Å². The highest BCUT2D eigenvalue weighted by molar-refractivity contribution is 7.90. The zero-order chi connectivity index (χ0) is 15.6. The zero-order valence-corrected chi connectivity index (χ0v) is 13.2. The Morgan fingerprint density at radius 1 is 1.33 bits per heavy atom. The van der Waals surface area contributed by atoms with Crippen molar-refractivity contribution in [2.24, 2.45) is 0 Å². The van der Waals surface area contributed by atoms with Crippen LogP contribution in [-0.2, 0) is 14.6 Å². The summed E-state index contributed by atoms with van der Waals surface area (Å²) in [7, 11) is -1.56. The highest BCUT2D eigenvalue weighted by Gasteiger charge is 2.38. The van der Waals surface area contributed by atoms with Gasteiger partial charge in [0.1, 0.15) is 21.8 Å². The molecule has 1 saturated heterocycles. The largest absolute Gasteiger partial charge is 0.496 e. The molecule has 21 heavy (non-hydrogen) atoms. The van der Waals surface area contributed by atoms with Crippen LogP contribution in [0, 0.1) is 0 Å². The highest BCUT2D eigenvalue weighted by atomic mass is 32.2. The van der Waals surface area contributed by atoms with E-state index in [-0.39, 0.29) is 30.4 Å². The Morgan fingerprint density at radius 3 is 2.62 bits per heavy atom. The van der Waals surface area contributed by atoms with Crippen LogP contribution in [-0.4, -0.2) is 50.9 Å². The first-order chi connectivity index (χ1) is 9.83. The number of ether oxygens (including phenoxy) is 1. The van der Waals surface area contributed by atoms with Crippen LogP contribution in [0.15, 0.2) is 24.3 Å². The van der Waals surface area contributed by atoms with Crippen molar-refractivity contribution in [3.05, 3.63) is 29.8 Å². The standard InChI is InChI=1S/C14H20N2O4S/c1-10-14(17)16(8-9-21(3,18)19)13(15-10)11-6-4-5-7-12(11)20-2/h4-7,10,13,15H,8-9H2,1-3H3. The van der Waals surface area contributed by atoms with Crippen molar-refractivity contribution in [2.45, 2.75) is 19.1 Å². The topological polar surface area (TPSA) is 75.7 Å². The van der Waals surface area contributed by atoms with Gasteiger partial charge in [-0.15, -0.1) is 0 Å². The molecule has 0 aliphatic carbocycles. The molecule has 0 aromatic heterocycles. The molecule has 1 aromatic rings. The van der Waals surface area contributed by atoms with E-state index in [9.17, 15) is 13.2 Å². The number of amides is 1. The summed E-state index contributed by atoms with van der Waals surface area (Å²) in [6.07, 6.45) is 0.799. The maximum Gasteiger partial charge on any atom is 0.241 e. The minimum absolute atomic E-state index is 0.0568. The number of sulfone groups is 1. The summed E-state index contributed by atoms with van der Waals surface area (Å²) >= 11 is 0. The highest BCUT2D eigenvalue weighted by Crippen LogP contribution is 2.31. The normalized spacial score (nSPS) is 22.6. The molecule has 1 amide bonds. The zero-order valence-electron chi connectivity index (χ0n) is 12.4. The van der Waals surface area contributed by atoms with Crippen molar-refractivity contribution in [2.75, 3.05) is 25.7 Å². The van der Waals surface area contributed by atoms with Crippen LogP contribution in [0.3, 0.4) is 0 Å². The van der Waals surface area contributed by atoms with E-state index in [1.165, 1.54) is 6.26 Å². The third-order valence-corrected chi connectivity index (χ3v) is 4.43. The molecular weight excluding hydrogens is 292 g/mol. The van der Waals surface area contributed by atoms with Gasteiger partial charge >= 0.3 is 0 Å². The second kappa shape index (κ2) is 6.03. The van der Waals surface area contributed by atoms with Crippen molar-refractivity contribution in [3.63, 3.8) is 0 Å². The number of methoxy groups -OCH3 is 1. The van der Waals surface area contributed by atoms with E-state index in [1.54, 1.807) is 18.9 Å². The molecule has 2 rings (SSSR count). The fraction of sp³-hybridized carbons (Fsp3) is 0.500. The molecule has 2 unspecified atom stereocenters. The average Bonchev–Trinajstić information content (AvgIpc) is 2.71. The van der Waals surface area contributed by atoms with Gasteiger partial charge in [0.05, 0.1) is 18.9 Å². The van der Waals surface area contributed by atoms with Crippen LogP contribution in [0.5, 0.6) is 5.75 Å². The van der Waals surface area contributed by atoms with E-state index in [1.807, 2.05) is 24.3 Å². The maximum atomic E-state index is 12.2. The number of hydrogen-bond donors (Lipinski definition) is 1. The summed E-state index contributed by atoms with van der Waals surface area (Å²) in [6, 6.07) is 7.05. The van der Waals surface area contributed by atoms with E-state index >= 15 is 0 Å². The van der Waals surface area contributed by atoms with Crippen LogP contribution in [0.2, 0.25) is 0 Å². The molecule has 0 spiro atoms. The number of hydrogen-bond acceptors (Lipinski definition) is 5. The Labute approximate surface area is 125 Å². The molecule has 6 nitrogen and oxygen atoms in total. The lowest BCUT2D eigenvalue weighted by Crippen LogP contribution is -2.34. The average molecular weight is 312 g/mol. The van der Waals surface area contributed by atoms with Crippen LogP contribution in [0.4, 0.5) is 0 Å². The predicted octanol–water partition coefficient (Wildman–Crippen LogP) is 0.559. The van der Waals surface area contributed by atoms with E-state index in [2.05, 4.69) is 5.32 Å².